The third kappa shape index (κ3) is 2.43. The predicted molar refractivity (Wildman–Crippen MR) is 82.4 cm³/mol. The molecule has 0 amide bonds. The molecule has 0 radical (unpaired) electrons. The molecule has 0 aliphatic rings. The minimum absolute atomic E-state index is 0.00755. The highest BCUT2D eigenvalue weighted by atomic mass is 16.7. The van der Waals surface area contributed by atoms with Gasteiger partial charge in [-0.25, -0.2) is 4.79 Å². The van der Waals surface area contributed by atoms with E-state index < -0.39 is 16.6 Å². The summed E-state index contributed by atoms with van der Waals surface area (Å²) in [7, 11) is 0. The molecular weight excluding hydrogens is 320 g/mol. The molecule has 1 N–H and O–H groups in total. The number of nitrogens with zero attached hydrogens (tertiary/aromatic N) is 3. The topological polar surface area (TPSA) is 129 Å². The van der Waals surface area contributed by atoms with E-state index in [1.54, 1.807) is 13.8 Å². The lowest BCUT2D eigenvalue weighted by Gasteiger charge is -2.04. The molecule has 24 heavy (non-hydrogen) atoms. The van der Waals surface area contributed by atoms with E-state index in [2.05, 4.69) is 14.7 Å². The maximum Gasteiger partial charge on any atom is 0.515 e. The highest BCUT2D eigenvalue weighted by Gasteiger charge is 2.19. The molecule has 124 valence electrons. The van der Waals surface area contributed by atoms with Crippen molar-refractivity contribution in [1.82, 2.24) is 14.4 Å². The first-order chi connectivity index (χ1) is 11.4. The van der Waals surface area contributed by atoms with Crippen LogP contribution in [0, 0.1) is 17.0 Å². The molecule has 10 nitrogen and oxygen atoms in total. The Hall–Kier alpha value is -3.43. The molecule has 2 aromatic heterocycles. The highest BCUT2D eigenvalue weighted by Crippen LogP contribution is 2.24. The number of imidazole rings is 1. The van der Waals surface area contributed by atoms with Crippen molar-refractivity contribution in [3.63, 3.8) is 0 Å². The number of carbonyl (C=O) groups excluding carboxylic acids is 1. The lowest BCUT2D eigenvalue weighted by atomic mass is 10.2. The Bertz CT molecular complexity index is 1040. The van der Waals surface area contributed by atoms with Gasteiger partial charge in [0.15, 0.2) is 0 Å². The normalized spacial score (nSPS) is 10.9. The first kappa shape index (κ1) is 15.5. The summed E-state index contributed by atoms with van der Waals surface area (Å²) in [4.78, 5) is 40.5. The molecule has 0 bridgehead atoms. The van der Waals surface area contributed by atoms with E-state index in [4.69, 9.17) is 4.74 Å². The lowest BCUT2D eigenvalue weighted by Crippen LogP contribution is -2.11. The number of nitro benzene ring substituents is 1. The molecule has 0 atom stereocenters. The van der Waals surface area contributed by atoms with E-state index in [0.717, 1.165) is 0 Å². The van der Waals surface area contributed by atoms with Gasteiger partial charge in [0.25, 0.3) is 11.2 Å². The van der Waals surface area contributed by atoms with Gasteiger partial charge in [0.2, 0.25) is 11.5 Å². The molecule has 10 heteroatoms. The molecule has 0 saturated heterocycles. The molecule has 0 aliphatic heterocycles. The number of carbonyl (C=O) groups is 1. The first-order valence-electron chi connectivity index (χ1n) is 6.96. The smallest absolute Gasteiger partial charge is 0.434 e. The fraction of sp³-hybridized carbons (Fsp3) is 0.214. The summed E-state index contributed by atoms with van der Waals surface area (Å²) >= 11 is 0. The van der Waals surface area contributed by atoms with Crippen LogP contribution in [-0.4, -0.2) is 32.1 Å². The largest absolute Gasteiger partial charge is 0.515 e. The molecule has 0 fully saturated rings. The highest BCUT2D eigenvalue weighted by molar-refractivity contribution is 5.80. The average Bonchev–Trinajstić information content (AvgIpc) is 2.85. The van der Waals surface area contributed by atoms with Crippen molar-refractivity contribution in [2.24, 2.45) is 0 Å². The number of aryl methyl sites for hydroxylation is 1. The van der Waals surface area contributed by atoms with E-state index in [-0.39, 0.29) is 29.3 Å². The SMILES string of the molecule is CCOC(=O)Oc1nc2c(=O)[nH]c3cc([N+](=O)[O-])ccc3n2c1C. The van der Waals surface area contributed by atoms with Crippen molar-refractivity contribution in [1.29, 1.82) is 0 Å². The molecule has 1 aromatic carbocycles. The summed E-state index contributed by atoms with van der Waals surface area (Å²) in [6.45, 7) is 3.37. The number of H-pyrrole nitrogens is 1. The maximum absolute atomic E-state index is 12.2. The minimum Gasteiger partial charge on any atom is -0.434 e. The van der Waals surface area contributed by atoms with Crippen molar-refractivity contribution in [3.8, 4) is 5.88 Å². The Labute approximate surface area is 133 Å². The van der Waals surface area contributed by atoms with Crippen LogP contribution in [-0.2, 0) is 4.74 Å². The van der Waals surface area contributed by atoms with Gasteiger partial charge in [-0.3, -0.25) is 19.3 Å². The third-order valence-electron chi connectivity index (χ3n) is 3.39. The molecule has 0 spiro atoms. The summed E-state index contributed by atoms with van der Waals surface area (Å²) in [5.74, 6) is -0.0650. The standard InChI is InChI=1S/C14H12N4O6/c1-3-23-14(20)24-13-7(2)17-10-5-4-8(18(21)22)6-9(10)15-12(19)11(17)16-13/h4-6H,3H2,1-2H3,(H,15,19). The number of hydrogen-bond acceptors (Lipinski definition) is 7. The van der Waals surface area contributed by atoms with Crippen molar-refractivity contribution in [2.45, 2.75) is 13.8 Å². The zero-order valence-corrected chi connectivity index (χ0v) is 12.7. The Kier molecular flexibility index (Phi) is 3.64. The van der Waals surface area contributed by atoms with Crippen molar-refractivity contribution in [3.05, 3.63) is 44.4 Å². The Balaban J connectivity index is 2.24. The zero-order chi connectivity index (χ0) is 17.4. The van der Waals surface area contributed by atoms with Crippen molar-refractivity contribution < 1.29 is 19.2 Å². The van der Waals surface area contributed by atoms with Gasteiger partial charge in [-0.05, 0) is 19.9 Å². The Morgan fingerprint density at radius 1 is 1.46 bits per heavy atom. The quantitative estimate of drug-likeness (QED) is 0.440. The van der Waals surface area contributed by atoms with Gasteiger partial charge in [0, 0.05) is 12.1 Å². The molecule has 0 saturated carbocycles. The number of aromatic nitrogens is 3. The van der Waals surface area contributed by atoms with Gasteiger partial charge in [0.05, 0.1) is 28.3 Å². The molecule has 3 rings (SSSR count). The number of non-ortho nitro benzene ring substituents is 1. The van der Waals surface area contributed by atoms with Gasteiger partial charge in [-0.1, -0.05) is 0 Å². The number of ether oxygens (including phenoxy) is 2. The average molecular weight is 332 g/mol. The van der Waals surface area contributed by atoms with Crippen LogP contribution in [0.5, 0.6) is 5.88 Å². The van der Waals surface area contributed by atoms with Crippen LogP contribution in [0.15, 0.2) is 23.0 Å². The molecule has 0 unspecified atom stereocenters. The number of nitrogens with one attached hydrogen (secondary N) is 1. The van der Waals surface area contributed by atoms with Crippen LogP contribution in [0.4, 0.5) is 10.5 Å². The molecule has 2 heterocycles. The number of fused-ring (bicyclic) bond motifs is 3. The summed E-state index contributed by atoms with van der Waals surface area (Å²) in [5, 5.41) is 10.9. The molecule has 3 aromatic rings. The molecule has 0 aliphatic carbocycles. The van der Waals surface area contributed by atoms with Crippen LogP contribution >= 0.6 is 0 Å². The number of nitro groups is 1. The van der Waals surface area contributed by atoms with Crippen LogP contribution in [0.2, 0.25) is 0 Å². The van der Waals surface area contributed by atoms with Gasteiger partial charge in [-0.2, -0.15) is 4.98 Å². The zero-order valence-electron chi connectivity index (χ0n) is 12.7. The predicted octanol–water partition coefficient (Wildman–Crippen LogP) is 1.93. The number of hydrogen-bond donors (Lipinski definition) is 1. The summed E-state index contributed by atoms with van der Waals surface area (Å²) in [6, 6.07) is 4.05. The second kappa shape index (κ2) is 5.65. The second-order valence-electron chi connectivity index (χ2n) is 4.86. The van der Waals surface area contributed by atoms with Crippen LogP contribution < -0.4 is 10.3 Å². The Morgan fingerprint density at radius 3 is 2.88 bits per heavy atom. The first-order valence-corrected chi connectivity index (χ1v) is 6.96. The van der Waals surface area contributed by atoms with Crippen LogP contribution in [0.3, 0.4) is 0 Å². The van der Waals surface area contributed by atoms with Crippen molar-refractivity contribution >= 4 is 28.5 Å². The minimum atomic E-state index is -0.930. The molecular formula is C14H12N4O6. The number of rotatable bonds is 3. The number of benzene rings is 1. The monoisotopic (exact) mass is 332 g/mol. The fourth-order valence-corrected chi connectivity index (χ4v) is 2.36. The van der Waals surface area contributed by atoms with Gasteiger partial charge >= 0.3 is 6.16 Å². The van der Waals surface area contributed by atoms with E-state index in [1.807, 2.05) is 0 Å². The van der Waals surface area contributed by atoms with Gasteiger partial charge < -0.3 is 14.5 Å². The summed E-state index contributed by atoms with van der Waals surface area (Å²) in [6.07, 6.45) is -0.930. The van der Waals surface area contributed by atoms with E-state index in [0.29, 0.717) is 11.2 Å². The van der Waals surface area contributed by atoms with E-state index >= 15 is 0 Å². The number of aromatic amines is 1. The van der Waals surface area contributed by atoms with Crippen LogP contribution in [0.1, 0.15) is 12.6 Å². The summed E-state index contributed by atoms with van der Waals surface area (Å²) < 4.78 is 11.1. The second-order valence-corrected chi connectivity index (χ2v) is 4.86. The van der Waals surface area contributed by atoms with Gasteiger partial charge in [0.1, 0.15) is 0 Å². The van der Waals surface area contributed by atoms with Crippen LogP contribution in [0.25, 0.3) is 16.7 Å². The van der Waals surface area contributed by atoms with Gasteiger partial charge in [-0.15, -0.1) is 0 Å². The fourth-order valence-electron chi connectivity index (χ4n) is 2.36. The third-order valence-corrected chi connectivity index (χ3v) is 3.39. The Morgan fingerprint density at radius 2 is 2.21 bits per heavy atom. The maximum atomic E-state index is 12.2. The van der Waals surface area contributed by atoms with E-state index in [9.17, 15) is 19.7 Å². The summed E-state index contributed by atoms with van der Waals surface area (Å²) in [5.41, 5.74) is 0.433. The van der Waals surface area contributed by atoms with Crippen molar-refractivity contribution in [2.75, 3.05) is 6.61 Å². The lowest BCUT2D eigenvalue weighted by molar-refractivity contribution is -0.384. The van der Waals surface area contributed by atoms with E-state index in [1.165, 1.54) is 22.6 Å².